The third kappa shape index (κ3) is 4.39. The molecule has 4 aromatic rings. The van der Waals surface area contributed by atoms with E-state index in [0.717, 1.165) is 33.4 Å². The fourth-order valence-electron chi connectivity index (χ4n) is 3.32. The smallest absolute Gasteiger partial charge is 0.251 e. The first-order valence-electron chi connectivity index (χ1n) is 9.48. The normalized spacial score (nSPS) is 10.9. The Bertz CT molecular complexity index is 1240. The van der Waals surface area contributed by atoms with Gasteiger partial charge in [0.15, 0.2) is 0 Å². The van der Waals surface area contributed by atoms with Gasteiger partial charge in [0.1, 0.15) is 5.82 Å². The minimum atomic E-state index is -0.169. The summed E-state index contributed by atoms with van der Waals surface area (Å²) in [4.78, 5) is 25.7. The van der Waals surface area contributed by atoms with Gasteiger partial charge in [-0.3, -0.25) is 14.8 Å². The zero-order chi connectivity index (χ0) is 21.1. The first kappa shape index (κ1) is 19.8. The molecule has 0 bridgehead atoms. The summed E-state index contributed by atoms with van der Waals surface area (Å²) in [6, 6.07) is 14.9. The van der Waals surface area contributed by atoms with E-state index in [0.29, 0.717) is 29.4 Å². The van der Waals surface area contributed by atoms with E-state index < -0.39 is 0 Å². The highest BCUT2D eigenvalue weighted by molar-refractivity contribution is 6.31. The van der Waals surface area contributed by atoms with Gasteiger partial charge < -0.3 is 11.1 Å². The zero-order valence-electron chi connectivity index (χ0n) is 16.4. The predicted molar refractivity (Wildman–Crippen MR) is 118 cm³/mol. The summed E-state index contributed by atoms with van der Waals surface area (Å²) in [6.45, 7) is 2.25. The molecule has 30 heavy (non-hydrogen) atoms. The van der Waals surface area contributed by atoms with Crippen LogP contribution < -0.4 is 11.1 Å². The molecule has 4 rings (SSSR count). The van der Waals surface area contributed by atoms with Crippen LogP contribution in [0.3, 0.4) is 0 Å². The molecule has 0 saturated heterocycles. The number of nitrogens with one attached hydrogen (secondary N) is 1. The quantitative estimate of drug-likeness (QED) is 0.510. The topological polar surface area (TPSA) is 93.8 Å². The summed E-state index contributed by atoms with van der Waals surface area (Å²) in [5, 5.41) is 4.50. The fourth-order valence-corrected chi connectivity index (χ4v) is 3.49. The van der Waals surface area contributed by atoms with Gasteiger partial charge >= 0.3 is 0 Å². The molecule has 0 atom stereocenters. The number of amides is 1. The van der Waals surface area contributed by atoms with Gasteiger partial charge in [-0.05, 0) is 42.3 Å². The van der Waals surface area contributed by atoms with Crippen LogP contribution >= 0.6 is 11.6 Å². The molecule has 0 spiro atoms. The summed E-state index contributed by atoms with van der Waals surface area (Å²) in [7, 11) is 0. The molecule has 3 heterocycles. The van der Waals surface area contributed by atoms with Crippen molar-refractivity contribution < 1.29 is 4.79 Å². The van der Waals surface area contributed by atoms with Crippen molar-refractivity contribution in [3.63, 3.8) is 0 Å². The SMILES string of the molecule is Cc1nc(N)ccc1CNC(=O)c1ccnc(Cc2cccc3cc(Cl)cnc23)c1. The van der Waals surface area contributed by atoms with Gasteiger partial charge in [-0.1, -0.05) is 35.9 Å². The number of carbonyl (C=O) groups is 1. The highest BCUT2D eigenvalue weighted by Gasteiger charge is 2.10. The van der Waals surface area contributed by atoms with Crippen LogP contribution in [-0.2, 0) is 13.0 Å². The number of carbonyl (C=O) groups excluding carboxylic acids is 1. The number of nitrogen functional groups attached to an aromatic ring is 1. The second kappa shape index (κ2) is 8.47. The average molecular weight is 418 g/mol. The Labute approximate surface area is 179 Å². The molecule has 0 aliphatic heterocycles. The van der Waals surface area contributed by atoms with Gasteiger partial charge in [-0.2, -0.15) is 0 Å². The van der Waals surface area contributed by atoms with Gasteiger partial charge in [0.25, 0.3) is 5.91 Å². The number of para-hydroxylation sites is 1. The number of anilines is 1. The minimum absolute atomic E-state index is 0.169. The molecule has 3 aromatic heterocycles. The summed E-state index contributed by atoms with van der Waals surface area (Å²) in [5.41, 5.74) is 10.7. The first-order valence-corrected chi connectivity index (χ1v) is 9.85. The van der Waals surface area contributed by atoms with Crippen LogP contribution in [0.1, 0.15) is 32.9 Å². The molecule has 7 heteroatoms. The minimum Gasteiger partial charge on any atom is -0.384 e. The number of halogens is 1. The van der Waals surface area contributed by atoms with E-state index in [-0.39, 0.29) is 5.91 Å². The van der Waals surface area contributed by atoms with Crippen LogP contribution in [0.15, 0.2) is 60.9 Å². The second-order valence-electron chi connectivity index (χ2n) is 7.02. The van der Waals surface area contributed by atoms with Crippen LogP contribution in [0.25, 0.3) is 10.9 Å². The molecular weight excluding hydrogens is 398 g/mol. The first-order chi connectivity index (χ1) is 14.5. The average Bonchev–Trinajstić information content (AvgIpc) is 2.73. The van der Waals surface area contributed by atoms with Gasteiger partial charge in [0.05, 0.1) is 10.5 Å². The maximum atomic E-state index is 12.6. The Kier molecular flexibility index (Phi) is 5.59. The van der Waals surface area contributed by atoms with Crippen molar-refractivity contribution in [1.29, 1.82) is 0 Å². The van der Waals surface area contributed by atoms with Crippen LogP contribution in [-0.4, -0.2) is 20.9 Å². The van der Waals surface area contributed by atoms with Crippen molar-refractivity contribution >= 4 is 34.2 Å². The number of benzene rings is 1. The van der Waals surface area contributed by atoms with Crippen LogP contribution in [0.5, 0.6) is 0 Å². The molecule has 0 unspecified atom stereocenters. The van der Waals surface area contributed by atoms with E-state index in [1.54, 1.807) is 30.6 Å². The van der Waals surface area contributed by atoms with Gasteiger partial charge in [0.2, 0.25) is 0 Å². The lowest BCUT2D eigenvalue weighted by Gasteiger charge is -2.10. The van der Waals surface area contributed by atoms with E-state index >= 15 is 0 Å². The molecule has 6 nitrogen and oxygen atoms in total. The molecule has 0 fully saturated rings. The maximum absolute atomic E-state index is 12.6. The number of fused-ring (bicyclic) bond motifs is 1. The number of nitrogens with zero attached hydrogens (tertiary/aromatic N) is 3. The summed E-state index contributed by atoms with van der Waals surface area (Å²) >= 11 is 6.05. The van der Waals surface area contributed by atoms with Crippen molar-refractivity contribution in [1.82, 2.24) is 20.3 Å². The van der Waals surface area contributed by atoms with Crippen molar-refractivity contribution in [2.24, 2.45) is 0 Å². The Hall–Kier alpha value is -3.51. The van der Waals surface area contributed by atoms with Crippen molar-refractivity contribution in [3.05, 3.63) is 94.0 Å². The third-order valence-electron chi connectivity index (χ3n) is 4.87. The van der Waals surface area contributed by atoms with Crippen molar-refractivity contribution in [2.75, 3.05) is 5.73 Å². The lowest BCUT2D eigenvalue weighted by Crippen LogP contribution is -2.23. The molecule has 150 valence electrons. The van der Waals surface area contributed by atoms with Crippen molar-refractivity contribution in [3.8, 4) is 0 Å². The van der Waals surface area contributed by atoms with Crippen LogP contribution in [0.2, 0.25) is 5.02 Å². The molecule has 1 amide bonds. The lowest BCUT2D eigenvalue weighted by molar-refractivity contribution is 0.0950. The number of nitrogens with two attached hydrogens (primary N) is 1. The van der Waals surface area contributed by atoms with E-state index in [1.165, 1.54) is 0 Å². The summed E-state index contributed by atoms with van der Waals surface area (Å²) in [5.74, 6) is 0.296. The molecule has 0 radical (unpaired) electrons. The van der Waals surface area contributed by atoms with E-state index in [1.807, 2.05) is 37.3 Å². The van der Waals surface area contributed by atoms with E-state index in [4.69, 9.17) is 17.3 Å². The molecule has 3 N–H and O–H groups in total. The highest BCUT2D eigenvalue weighted by Crippen LogP contribution is 2.22. The van der Waals surface area contributed by atoms with E-state index in [9.17, 15) is 4.79 Å². The standard InChI is InChI=1S/C23H20ClN5O/c1-14-18(5-6-21(25)29-14)12-28-23(30)17-7-8-26-20(11-17)10-16-4-2-3-15-9-19(24)13-27-22(15)16/h2-9,11,13H,10,12H2,1H3,(H2,25,29)(H,28,30). The number of pyridine rings is 3. The number of rotatable bonds is 5. The Morgan fingerprint density at radius 2 is 1.97 bits per heavy atom. The van der Waals surface area contributed by atoms with Crippen LogP contribution in [0, 0.1) is 6.92 Å². The zero-order valence-corrected chi connectivity index (χ0v) is 17.1. The Balaban J connectivity index is 1.51. The van der Waals surface area contributed by atoms with Gasteiger partial charge in [-0.25, -0.2) is 4.98 Å². The molecule has 1 aromatic carbocycles. The van der Waals surface area contributed by atoms with Crippen LogP contribution in [0.4, 0.5) is 5.82 Å². The number of hydrogen-bond donors (Lipinski definition) is 2. The third-order valence-corrected chi connectivity index (χ3v) is 5.07. The number of hydrogen-bond acceptors (Lipinski definition) is 5. The molecule has 0 saturated carbocycles. The highest BCUT2D eigenvalue weighted by atomic mass is 35.5. The summed E-state index contributed by atoms with van der Waals surface area (Å²) < 4.78 is 0. The second-order valence-corrected chi connectivity index (χ2v) is 7.45. The number of aryl methyl sites for hydroxylation is 1. The van der Waals surface area contributed by atoms with Crippen molar-refractivity contribution in [2.45, 2.75) is 19.9 Å². The Morgan fingerprint density at radius 1 is 1.10 bits per heavy atom. The summed E-state index contributed by atoms with van der Waals surface area (Å²) in [6.07, 6.45) is 3.85. The predicted octanol–water partition coefficient (Wildman–Crippen LogP) is 4.09. The molecule has 0 aliphatic rings. The van der Waals surface area contributed by atoms with E-state index in [2.05, 4.69) is 20.3 Å². The van der Waals surface area contributed by atoms with Gasteiger partial charge in [-0.15, -0.1) is 0 Å². The monoisotopic (exact) mass is 417 g/mol. The fraction of sp³-hybridized carbons (Fsp3) is 0.130. The van der Waals surface area contributed by atoms with Gasteiger partial charge in [0, 0.05) is 47.7 Å². The lowest BCUT2D eigenvalue weighted by atomic mass is 10.0. The number of aromatic nitrogens is 3. The molecule has 0 aliphatic carbocycles. The Morgan fingerprint density at radius 3 is 2.80 bits per heavy atom. The molecular formula is C23H20ClN5O. The maximum Gasteiger partial charge on any atom is 0.251 e. The largest absolute Gasteiger partial charge is 0.384 e.